The van der Waals surface area contributed by atoms with Crippen LogP contribution in [0, 0.1) is 5.41 Å². The first-order valence-electron chi connectivity index (χ1n) is 7.40. The van der Waals surface area contributed by atoms with Crippen molar-refractivity contribution in [3.63, 3.8) is 0 Å². The van der Waals surface area contributed by atoms with E-state index >= 15 is 0 Å². The van der Waals surface area contributed by atoms with Crippen LogP contribution in [0.25, 0.3) is 0 Å². The van der Waals surface area contributed by atoms with Crippen LogP contribution in [-0.2, 0) is 4.74 Å². The predicted molar refractivity (Wildman–Crippen MR) is 85.2 cm³/mol. The van der Waals surface area contributed by atoms with E-state index in [9.17, 15) is 0 Å². The second-order valence-electron chi connectivity index (χ2n) is 6.71. The molecule has 0 saturated heterocycles. The summed E-state index contributed by atoms with van der Waals surface area (Å²) in [6.07, 6.45) is 4.58. The molecule has 1 aromatic carbocycles. The molecule has 2 nitrogen and oxygen atoms in total. The lowest BCUT2D eigenvalue weighted by atomic mass is 9.67. The Labute approximate surface area is 127 Å². The lowest BCUT2D eigenvalue weighted by molar-refractivity contribution is -0.0862. The van der Waals surface area contributed by atoms with Gasteiger partial charge in [0.15, 0.2) is 0 Å². The Bertz CT molecular complexity index is 431. The molecule has 3 heteroatoms. The van der Waals surface area contributed by atoms with Crippen molar-refractivity contribution in [2.24, 2.45) is 5.41 Å². The molecule has 0 bridgehead atoms. The van der Waals surface area contributed by atoms with Crippen molar-refractivity contribution in [3.05, 3.63) is 34.9 Å². The van der Waals surface area contributed by atoms with Gasteiger partial charge in [0.1, 0.15) is 0 Å². The van der Waals surface area contributed by atoms with Crippen molar-refractivity contribution in [1.29, 1.82) is 0 Å². The minimum absolute atomic E-state index is 0.113. The lowest BCUT2D eigenvalue weighted by Gasteiger charge is -2.47. The van der Waals surface area contributed by atoms with E-state index in [0.717, 1.165) is 17.9 Å². The topological polar surface area (TPSA) is 21.3 Å². The highest BCUT2D eigenvalue weighted by Gasteiger charge is 2.44. The summed E-state index contributed by atoms with van der Waals surface area (Å²) in [6.45, 7) is 4.70. The van der Waals surface area contributed by atoms with Crippen LogP contribution >= 0.6 is 11.6 Å². The average Bonchev–Trinajstić information content (AvgIpc) is 2.44. The molecule has 1 atom stereocenters. The molecule has 1 aromatic rings. The molecule has 0 heterocycles. The number of methoxy groups -OCH3 is 1. The van der Waals surface area contributed by atoms with Crippen LogP contribution in [-0.4, -0.2) is 19.8 Å². The van der Waals surface area contributed by atoms with Gasteiger partial charge < -0.3 is 10.1 Å². The third-order valence-corrected chi connectivity index (χ3v) is 5.13. The average molecular weight is 296 g/mol. The van der Waals surface area contributed by atoms with E-state index in [1.807, 2.05) is 26.3 Å². The molecule has 1 aliphatic rings. The van der Waals surface area contributed by atoms with Crippen molar-refractivity contribution in [2.75, 3.05) is 14.2 Å². The first-order chi connectivity index (χ1) is 9.42. The van der Waals surface area contributed by atoms with Crippen LogP contribution in [0.4, 0.5) is 0 Å². The van der Waals surface area contributed by atoms with Crippen LogP contribution in [0.2, 0.25) is 5.02 Å². The van der Waals surface area contributed by atoms with Gasteiger partial charge in [-0.2, -0.15) is 0 Å². The monoisotopic (exact) mass is 295 g/mol. The SMILES string of the molecule is CNC(c1ccc(Cl)cc1)C1(OC)CCC(C)(C)CC1. The summed E-state index contributed by atoms with van der Waals surface area (Å²) in [7, 11) is 3.86. The maximum Gasteiger partial charge on any atom is 0.0872 e. The zero-order valence-corrected chi connectivity index (χ0v) is 13.8. The van der Waals surface area contributed by atoms with Crippen LogP contribution < -0.4 is 5.32 Å². The van der Waals surface area contributed by atoms with Gasteiger partial charge in [-0.15, -0.1) is 0 Å². The number of nitrogens with one attached hydrogen (secondary N) is 1. The third-order valence-electron chi connectivity index (χ3n) is 4.87. The second-order valence-corrected chi connectivity index (χ2v) is 7.14. The number of ether oxygens (including phenoxy) is 1. The first-order valence-corrected chi connectivity index (χ1v) is 7.78. The first kappa shape index (κ1) is 15.8. The molecule has 0 aliphatic heterocycles. The standard InChI is InChI=1S/C17H26ClNO/c1-16(2)9-11-17(20-4,12-10-16)15(19-3)13-5-7-14(18)8-6-13/h5-8,15,19H,9-12H2,1-4H3. The fourth-order valence-corrected chi connectivity index (χ4v) is 3.48. The second kappa shape index (κ2) is 6.05. The van der Waals surface area contributed by atoms with E-state index < -0.39 is 0 Å². The fourth-order valence-electron chi connectivity index (χ4n) is 3.35. The largest absolute Gasteiger partial charge is 0.376 e. The van der Waals surface area contributed by atoms with Crippen LogP contribution in [0.5, 0.6) is 0 Å². The maximum atomic E-state index is 6.01. The lowest BCUT2D eigenvalue weighted by Crippen LogP contribution is -2.48. The molecule has 0 amide bonds. The van der Waals surface area contributed by atoms with Gasteiger partial charge in [-0.25, -0.2) is 0 Å². The maximum absolute atomic E-state index is 6.01. The van der Waals surface area contributed by atoms with Gasteiger partial charge >= 0.3 is 0 Å². The van der Waals surface area contributed by atoms with Crippen molar-refractivity contribution >= 4 is 11.6 Å². The fraction of sp³-hybridized carbons (Fsp3) is 0.647. The molecule has 0 spiro atoms. The normalized spacial score (nSPS) is 22.4. The van der Waals surface area contributed by atoms with Crippen molar-refractivity contribution in [2.45, 2.75) is 51.2 Å². The summed E-state index contributed by atoms with van der Waals surface area (Å²) in [4.78, 5) is 0. The zero-order valence-electron chi connectivity index (χ0n) is 13.0. The summed E-state index contributed by atoms with van der Waals surface area (Å²) < 4.78 is 6.01. The molecule has 1 N–H and O–H groups in total. The van der Waals surface area contributed by atoms with Gasteiger partial charge in [-0.05, 0) is 55.8 Å². The summed E-state index contributed by atoms with van der Waals surface area (Å²) in [5.41, 5.74) is 1.57. The summed E-state index contributed by atoms with van der Waals surface area (Å²) in [5, 5.41) is 4.24. The molecule has 1 fully saturated rings. The van der Waals surface area contributed by atoms with E-state index in [4.69, 9.17) is 16.3 Å². The van der Waals surface area contributed by atoms with Gasteiger partial charge in [0.05, 0.1) is 11.6 Å². The van der Waals surface area contributed by atoms with Crippen molar-refractivity contribution < 1.29 is 4.74 Å². The molecule has 1 saturated carbocycles. The Morgan fingerprint density at radius 1 is 1.10 bits per heavy atom. The molecule has 1 unspecified atom stereocenters. The van der Waals surface area contributed by atoms with Crippen LogP contribution in [0.3, 0.4) is 0 Å². The molecular formula is C17H26ClNO. The van der Waals surface area contributed by atoms with Gasteiger partial charge in [0, 0.05) is 12.1 Å². The highest BCUT2D eigenvalue weighted by atomic mass is 35.5. The summed E-state index contributed by atoms with van der Waals surface area (Å²) in [5.74, 6) is 0. The Hall–Kier alpha value is -0.570. The van der Waals surface area contributed by atoms with Crippen molar-refractivity contribution in [3.8, 4) is 0 Å². The number of rotatable bonds is 4. The summed E-state index contributed by atoms with van der Waals surface area (Å²) in [6, 6.07) is 8.32. The number of benzene rings is 1. The van der Waals surface area contributed by atoms with Gasteiger partial charge in [-0.3, -0.25) is 0 Å². The van der Waals surface area contributed by atoms with Crippen LogP contribution in [0.1, 0.15) is 51.1 Å². The number of halogens is 1. The van der Waals surface area contributed by atoms with Gasteiger partial charge in [0.2, 0.25) is 0 Å². The molecule has 2 rings (SSSR count). The quantitative estimate of drug-likeness (QED) is 0.877. The zero-order chi connectivity index (χ0) is 14.8. The molecule has 0 aromatic heterocycles. The van der Waals surface area contributed by atoms with E-state index in [-0.39, 0.29) is 11.6 Å². The third kappa shape index (κ3) is 3.19. The molecule has 1 aliphatic carbocycles. The Balaban J connectivity index is 2.26. The van der Waals surface area contributed by atoms with Gasteiger partial charge in [-0.1, -0.05) is 37.6 Å². The highest BCUT2D eigenvalue weighted by Crippen LogP contribution is 2.47. The molecular weight excluding hydrogens is 270 g/mol. The number of hydrogen-bond acceptors (Lipinski definition) is 2. The van der Waals surface area contributed by atoms with Crippen molar-refractivity contribution in [1.82, 2.24) is 5.32 Å². The predicted octanol–water partition coefficient (Wildman–Crippen LogP) is 4.59. The number of likely N-dealkylation sites (N-methyl/N-ethyl adjacent to an activating group) is 1. The van der Waals surface area contributed by atoms with E-state index in [1.165, 1.54) is 18.4 Å². The van der Waals surface area contributed by atoms with Crippen LogP contribution in [0.15, 0.2) is 24.3 Å². The van der Waals surface area contributed by atoms with E-state index in [2.05, 4.69) is 31.3 Å². The van der Waals surface area contributed by atoms with Gasteiger partial charge in [0.25, 0.3) is 0 Å². The smallest absolute Gasteiger partial charge is 0.0872 e. The molecule has 112 valence electrons. The number of hydrogen-bond donors (Lipinski definition) is 1. The molecule has 20 heavy (non-hydrogen) atoms. The minimum atomic E-state index is -0.113. The van der Waals surface area contributed by atoms with E-state index in [1.54, 1.807) is 0 Å². The summed E-state index contributed by atoms with van der Waals surface area (Å²) >= 11 is 6.00. The van der Waals surface area contributed by atoms with E-state index in [0.29, 0.717) is 5.41 Å². The Kier molecular flexibility index (Phi) is 4.78. The molecule has 0 radical (unpaired) electrons. The Morgan fingerprint density at radius 3 is 2.10 bits per heavy atom. The minimum Gasteiger partial charge on any atom is -0.376 e. The Morgan fingerprint density at radius 2 is 1.65 bits per heavy atom. The highest BCUT2D eigenvalue weighted by molar-refractivity contribution is 6.30.